The minimum absolute atomic E-state index is 0.176. The Kier molecular flexibility index (Phi) is 4.40. The largest absolute Gasteiger partial charge is 0.340 e. The van der Waals surface area contributed by atoms with Crippen LogP contribution >= 0.6 is 11.3 Å². The molecular weight excluding hydrogens is 244 g/mol. The maximum absolute atomic E-state index is 12.7. The second-order valence-electron chi connectivity index (χ2n) is 5.15. The van der Waals surface area contributed by atoms with Gasteiger partial charge in [-0.05, 0) is 37.3 Å². The Bertz CT molecular complexity index is 383. The van der Waals surface area contributed by atoms with Crippen LogP contribution in [0.15, 0.2) is 17.5 Å². The summed E-state index contributed by atoms with van der Waals surface area (Å²) >= 11 is 1.71. The zero-order chi connectivity index (χ0) is 13.0. The van der Waals surface area contributed by atoms with Gasteiger partial charge in [0.2, 0.25) is 5.91 Å². The molecule has 0 bridgehead atoms. The molecule has 2 rings (SSSR count). The lowest BCUT2D eigenvalue weighted by atomic mass is 9.77. The van der Waals surface area contributed by atoms with E-state index in [1.807, 2.05) is 18.0 Å². The van der Waals surface area contributed by atoms with Gasteiger partial charge in [-0.3, -0.25) is 4.79 Å². The van der Waals surface area contributed by atoms with Gasteiger partial charge in [-0.15, -0.1) is 11.3 Å². The Morgan fingerprint density at radius 2 is 2.44 bits per heavy atom. The smallest absolute Gasteiger partial charge is 0.230 e. The van der Waals surface area contributed by atoms with Crippen molar-refractivity contribution in [3.8, 4) is 0 Å². The summed E-state index contributed by atoms with van der Waals surface area (Å²) in [4.78, 5) is 15.8. The van der Waals surface area contributed by atoms with E-state index in [2.05, 4.69) is 23.7 Å². The Labute approximate surface area is 113 Å². The van der Waals surface area contributed by atoms with Crippen LogP contribution in [0.2, 0.25) is 0 Å². The Balaban J connectivity index is 2.04. The zero-order valence-corrected chi connectivity index (χ0v) is 12.1. The molecule has 0 saturated carbocycles. The van der Waals surface area contributed by atoms with E-state index in [9.17, 15) is 4.79 Å². The quantitative estimate of drug-likeness (QED) is 0.908. The third kappa shape index (κ3) is 2.75. The third-order valence-electron chi connectivity index (χ3n) is 3.92. The van der Waals surface area contributed by atoms with Crippen molar-refractivity contribution in [2.45, 2.75) is 32.7 Å². The minimum atomic E-state index is -0.176. The molecule has 1 unspecified atom stereocenters. The highest BCUT2D eigenvalue weighted by molar-refractivity contribution is 7.09. The van der Waals surface area contributed by atoms with Gasteiger partial charge in [0.05, 0.1) is 12.0 Å². The standard InChI is InChI=1S/C14H22N2OS/c1-3-14(7-5-8-15-11-14)13(17)16(2)10-12-6-4-9-18-12/h4,6,9,15H,3,5,7-8,10-11H2,1-2H3. The fourth-order valence-electron chi connectivity index (χ4n) is 2.72. The summed E-state index contributed by atoms with van der Waals surface area (Å²) in [5.74, 6) is 0.297. The summed E-state index contributed by atoms with van der Waals surface area (Å²) in [6, 6.07) is 4.13. The number of thiophene rings is 1. The van der Waals surface area contributed by atoms with E-state index in [1.54, 1.807) is 11.3 Å². The van der Waals surface area contributed by atoms with Crippen LogP contribution in [0.5, 0.6) is 0 Å². The van der Waals surface area contributed by atoms with Crippen LogP contribution in [0.1, 0.15) is 31.1 Å². The highest BCUT2D eigenvalue weighted by atomic mass is 32.1. The predicted octanol–water partition coefficient (Wildman–Crippen LogP) is 2.49. The molecule has 1 N–H and O–H groups in total. The second-order valence-corrected chi connectivity index (χ2v) is 6.19. The molecule has 18 heavy (non-hydrogen) atoms. The van der Waals surface area contributed by atoms with Crippen LogP contribution in [-0.2, 0) is 11.3 Å². The van der Waals surface area contributed by atoms with Crippen molar-refractivity contribution in [3.63, 3.8) is 0 Å². The molecule has 0 aromatic carbocycles. The highest BCUT2D eigenvalue weighted by Crippen LogP contribution is 2.32. The molecule has 0 spiro atoms. The van der Waals surface area contributed by atoms with Crippen molar-refractivity contribution in [1.29, 1.82) is 0 Å². The monoisotopic (exact) mass is 266 g/mol. The second kappa shape index (κ2) is 5.85. The summed E-state index contributed by atoms with van der Waals surface area (Å²) in [5, 5.41) is 5.44. The number of piperidine rings is 1. The average Bonchev–Trinajstić information content (AvgIpc) is 2.91. The van der Waals surface area contributed by atoms with Crippen LogP contribution in [0.3, 0.4) is 0 Å². The lowest BCUT2D eigenvalue weighted by Gasteiger charge is -2.38. The van der Waals surface area contributed by atoms with Crippen LogP contribution in [-0.4, -0.2) is 30.9 Å². The number of nitrogens with zero attached hydrogens (tertiary/aromatic N) is 1. The van der Waals surface area contributed by atoms with Crippen LogP contribution < -0.4 is 5.32 Å². The Hall–Kier alpha value is -0.870. The maximum Gasteiger partial charge on any atom is 0.230 e. The van der Waals surface area contributed by atoms with Gasteiger partial charge in [0, 0.05) is 18.5 Å². The summed E-state index contributed by atoms with van der Waals surface area (Å²) in [5.41, 5.74) is -0.176. The Morgan fingerprint density at radius 1 is 1.61 bits per heavy atom. The first-order valence-corrected chi connectivity index (χ1v) is 7.54. The van der Waals surface area contributed by atoms with Crippen molar-refractivity contribution < 1.29 is 4.79 Å². The van der Waals surface area contributed by atoms with E-state index in [-0.39, 0.29) is 5.41 Å². The van der Waals surface area contributed by atoms with Crippen molar-refractivity contribution >= 4 is 17.2 Å². The highest BCUT2D eigenvalue weighted by Gasteiger charge is 2.39. The lowest BCUT2D eigenvalue weighted by molar-refractivity contribution is -0.142. The summed E-state index contributed by atoms with van der Waals surface area (Å²) in [7, 11) is 1.92. The summed E-state index contributed by atoms with van der Waals surface area (Å²) in [6.45, 7) is 4.74. The van der Waals surface area contributed by atoms with E-state index in [0.29, 0.717) is 5.91 Å². The third-order valence-corrected chi connectivity index (χ3v) is 4.78. The van der Waals surface area contributed by atoms with E-state index in [0.717, 1.165) is 38.9 Å². The fourth-order valence-corrected chi connectivity index (χ4v) is 3.47. The number of carbonyl (C=O) groups is 1. The molecule has 1 aliphatic heterocycles. The van der Waals surface area contributed by atoms with Crippen molar-refractivity contribution in [1.82, 2.24) is 10.2 Å². The lowest BCUT2D eigenvalue weighted by Crippen LogP contribution is -2.50. The number of rotatable bonds is 4. The predicted molar refractivity (Wildman–Crippen MR) is 75.6 cm³/mol. The molecule has 1 aromatic rings. The normalized spacial score (nSPS) is 23.9. The maximum atomic E-state index is 12.7. The molecule has 1 atom stereocenters. The topological polar surface area (TPSA) is 32.3 Å². The number of nitrogens with one attached hydrogen (secondary N) is 1. The Morgan fingerprint density at radius 3 is 3.00 bits per heavy atom. The number of hydrogen-bond acceptors (Lipinski definition) is 3. The van der Waals surface area contributed by atoms with E-state index in [4.69, 9.17) is 0 Å². The van der Waals surface area contributed by atoms with Gasteiger partial charge in [-0.2, -0.15) is 0 Å². The molecule has 4 heteroatoms. The first-order chi connectivity index (χ1) is 8.68. The molecule has 1 amide bonds. The van der Waals surface area contributed by atoms with Gasteiger partial charge in [0.15, 0.2) is 0 Å². The summed E-state index contributed by atoms with van der Waals surface area (Å²) in [6.07, 6.45) is 3.05. The molecule has 2 heterocycles. The minimum Gasteiger partial charge on any atom is -0.340 e. The average molecular weight is 266 g/mol. The number of amides is 1. The van der Waals surface area contributed by atoms with Crippen LogP contribution in [0.4, 0.5) is 0 Å². The van der Waals surface area contributed by atoms with Gasteiger partial charge in [0.1, 0.15) is 0 Å². The fraction of sp³-hybridized carbons (Fsp3) is 0.643. The van der Waals surface area contributed by atoms with Gasteiger partial charge < -0.3 is 10.2 Å². The molecule has 100 valence electrons. The first kappa shape index (κ1) is 13.6. The number of carbonyl (C=O) groups excluding carboxylic acids is 1. The van der Waals surface area contributed by atoms with E-state index < -0.39 is 0 Å². The van der Waals surface area contributed by atoms with E-state index in [1.165, 1.54) is 4.88 Å². The molecular formula is C14H22N2OS. The molecule has 1 fully saturated rings. The van der Waals surface area contributed by atoms with Gasteiger partial charge in [-0.1, -0.05) is 13.0 Å². The van der Waals surface area contributed by atoms with Crippen molar-refractivity contribution in [2.24, 2.45) is 5.41 Å². The number of hydrogen-bond donors (Lipinski definition) is 1. The molecule has 1 aliphatic rings. The van der Waals surface area contributed by atoms with Crippen molar-refractivity contribution in [2.75, 3.05) is 20.1 Å². The molecule has 0 aliphatic carbocycles. The molecule has 1 aromatic heterocycles. The SMILES string of the molecule is CCC1(C(=O)N(C)Cc2cccs2)CCCNC1. The molecule has 3 nitrogen and oxygen atoms in total. The first-order valence-electron chi connectivity index (χ1n) is 6.66. The molecule has 0 radical (unpaired) electrons. The molecule has 1 saturated heterocycles. The van der Waals surface area contributed by atoms with Crippen molar-refractivity contribution in [3.05, 3.63) is 22.4 Å². The van der Waals surface area contributed by atoms with Gasteiger partial charge in [-0.25, -0.2) is 0 Å². The summed E-state index contributed by atoms with van der Waals surface area (Å²) < 4.78 is 0. The van der Waals surface area contributed by atoms with E-state index >= 15 is 0 Å². The van der Waals surface area contributed by atoms with Crippen LogP contribution in [0, 0.1) is 5.41 Å². The van der Waals surface area contributed by atoms with Gasteiger partial charge >= 0.3 is 0 Å². The zero-order valence-electron chi connectivity index (χ0n) is 11.2. The van der Waals surface area contributed by atoms with Crippen LogP contribution in [0.25, 0.3) is 0 Å². The van der Waals surface area contributed by atoms with Gasteiger partial charge in [0.25, 0.3) is 0 Å².